The molecule has 3 atom stereocenters. The number of nitrogens with one attached hydrogen (secondary N) is 2. The van der Waals surface area contributed by atoms with Crippen molar-refractivity contribution in [1.29, 1.82) is 0 Å². The number of carbonyl (C=O) groups excluding carboxylic acids is 2. The first kappa shape index (κ1) is 28.6. The Morgan fingerprint density at radius 3 is 2.38 bits per heavy atom. The molecular weight excluding hydrogens is 524 g/mol. The van der Waals surface area contributed by atoms with Crippen molar-refractivity contribution < 1.29 is 29.4 Å². The van der Waals surface area contributed by atoms with Crippen molar-refractivity contribution in [2.24, 2.45) is 7.05 Å². The number of hydrogen-bond acceptors (Lipinski definition) is 10. The van der Waals surface area contributed by atoms with E-state index in [1.165, 1.54) is 11.8 Å². The standard InChI is InChI=1S/C26H32N6O6S/c1-32-26(28-30-31-32)39-16-21-13-22(19-9-7-18(15-33)8-10-19)38-25(37-21)20-11-5-17(6-12-20)14-27-23(34)3-2-4-24(35)29-36/h5-12,21-22,25,33,36H,2-4,13-16H2,1H3,(H,27,34)(H,29,35). The van der Waals surface area contributed by atoms with Crippen LogP contribution in [0, 0.1) is 0 Å². The van der Waals surface area contributed by atoms with Crippen LogP contribution in [0.25, 0.3) is 0 Å². The van der Waals surface area contributed by atoms with E-state index in [0.717, 1.165) is 22.3 Å². The Bertz CT molecular complexity index is 1220. The van der Waals surface area contributed by atoms with E-state index in [4.69, 9.17) is 14.7 Å². The first-order valence-electron chi connectivity index (χ1n) is 12.6. The number of aliphatic hydroxyl groups is 1. The van der Waals surface area contributed by atoms with Crippen LogP contribution >= 0.6 is 11.8 Å². The lowest BCUT2D eigenvalue weighted by atomic mass is 10.0. The van der Waals surface area contributed by atoms with Crippen molar-refractivity contribution >= 4 is 23.6 Å². The second kappa shape index (κ2) is 14.1. The average molecular weight is 557 g/mol. The molecule has 0 radical (unpaired) electrons. The fourth-order valence-corrected chi connectivity index (χ4v) is 4.95. The zero-order chi connectivity index (χ0) is 27.6. The molecular formula is C26H32N6O6S. The number of amides is 2. The molecule has 13 heteroatoms. The molecule has 1 saturated heterocycles. The van der Waals surface area contributed by atoms with E-state index in [-0.39, 0.29) is 37.6 Å². The van der Waals surface area contributed by atoms with Crippen LogP contribution in [0.1, 0.15) is 60.3 Å². The summed E-state index contributed by atoms with van der Waals surface area (Å²) in [5, 5.41) is 33.1. The molecule has 3 aromatic rings. The van der Waals surface area contributed by atoms with Crippen molar-refractivity contribution in [1.82, 2.24) is 31.0 Å². The second-order valence-corrected chi connectivity index (χ2v) is 10.1. The van der Waals surface area contributed by atoms with E-state index < -0.39 is 12.2 Å². The van der Waals surface area contributed by atoms with E-state index in [9.17, 15) is 14.7 Å². The molecule has 0 aliphatic carbocycles. The molecule has 1 aliphatic rings. The van der Waals surface area contributed by atoms with Crippen LogP contribution in [-0.2, 0) is 39.3 Å². The number of aryl methyl sites for hydroxylation is 1. The largest absolute Gasteiger partial charge is 0.392 e. The normalized spacial score (nSPS) is 19.0. The summed E-state index contributed by atoms with van der Waals surface area (Å²) < 4.78 is 14.3. The zero-order valence-electron chi connectivity index (χ0n) is 21.5. The molecule has 0 spiro atoms. The third kappa shape index (κ3) is 8.31. The van der Waals surface area contributed by atoms with Gasteiger partial charge in [-0.3, -0.25) is 14.8 Å². The van der Waals surface area contributed by atoms with Gasteiger partial charge in [0.25, 0.3) is 0 Å². The summed E-state index contributed by atoms with van der Waals surface area (Å²) in [5.41, 5.74) is 5.16. The quantitative estimate of drug-likeness (QED) is 0.148. The molecule has 12 nitrogen and oxygen atoms in total. The van der Waals surface area contributed by atoms with E-state index >= 15 is 0 Å². The summed E-state index contributed by atoms with van der Waals surface area (Å²) in [5.74, 6) is -0.0395. The molecule has 1 fully saturated rings. The fraction of sp³-hybridized carbons (Fsp3) is 0.423. The molecule has 2 aromatic carbocycles. The van der Waals surface area contributed by atoms with E-state index in [1.54, 1.807) is 17.2 Å². The predicted octanol–water partition coefficient (Wildman–Crippen LogP) is 2.33. The molecule has 4 rings (SSSR count). The Morgan fingerprint density at radius 1 is 1.03 bits per heavy atom. The summed E-state index contributed by atoms with van der Waals surface area (Å²) in [6.45, 7) is 0.332. The van der Waals surface area contributed by atoms with Gasteiger partial charge in [-0.25, -0.2) is 10.2 Å². The highest BCUT2D eigenvalue weighted by atomic mass is 32.2. The van der Waals surface area contributed by atoms with Crippen LogP contribution in [0.4, 0.5) is 0 Å². The molecule has 0 saturated carbocycles. The van der Waals surface area contributed by atoms with Gasteiger partial charge in [0.15, 0.2) is 6.29 Å². The summed E-state index contributed by atoms with van der Waals surface area (Å²) in [7, 11) is 1.79. The van der Waals surface area contributed by atoms with Crippen molar-refractivity contribution in [3.05, 3.63) is 70.8 Å². The second-order valence-electron chi connectivity index (χ2n) is 9.15. The van der Waals surface area contributed by atoms with Crippen molar-refractivity contribution in [3.63, 3.8) is 0 Å². The monoisotopic (exact) mass is 556 g/mol. The minimum atomic E-state index is -0.592. The van der Waals surface area contributed by atoms with Crippen LogP contribution < -0.4 is 10.8 Å². The topological polar surface area (TPSA) is 161 Å². The Kier molecular flexibility index (Phi) is 10.4. The SMILES string of the molecule is Cn1nnnc1SCC1CC(c2ccc(CO)cc2)OC(c2ccc(CNC(=O)CCCC(=O)NO)cc2)O1. The third-order valence-electron chi connectivity index (χ3n) is 6.27. The Hall–Kier alpha value is -3.36. The molecule has 39 heavy (non-hydrogen) atoms. The maximum Gasteiger partial charge on any atom is 0.243 e. The van der Waals surface area contributed by atoms with Crippen molar-refractivity contribution in [3.8, 4) is 0 Å². The Balaban J connectivity index is 1.38. The number of ether oxygens (including phenoxy) is 2. The van der Waals surface area contributed by atoms with Crippen LogP contribution in [0.2, 0.25) is 0 Å². The summed E-state index contributed by atoms with van der Waals surface area (Å²) in [4.78, 5) is 23.1. The summed E-state index contributed by atoms with van der Waals surface area (Å²) in [6, 6.07) is 15.4. The van der Waals surface area contributed by atoms with Gasteiger partial charge in [0.1, 0.15) is 0 Å². The van der Waals surface area contributed by atoms with Crippen molar-refractivity contribution in [2.75, 3.05) is 5.75 Å². The Morgan fingerprint density at radius 2 is 1.72 bits per heavy atom. The van der Waals surface area contributed by atoms with E-state index in [1.807, 2.05) is 48.5 Å². The first-order valence-corrected chi connectivity index (χ1v) is 13.6. The highest BCUT2D eigenvalue weighted by Gasteiger charge is 2.32. The number of carbonyl (C=O) groups is 2. The number of aromatic nitrogens is 4. The first-order chi connectivity index (χ1) is 18.9. The molecule has 3 unspecified atom stereocenters. The molecule has 0 bridgehead atoms. The summed E-state index contributed by atoms with van der Waals surface area (Å²) >= 11 is 1.52. The molecule has 208 valence electrons. The number of thioether (sulfide) groups is 1. The van der Waals surface area contributed by atoms with Gasteiger partial charge in [-0.2, -0.15) is 0 Å². The van der Waals surface area contributed by atoms with E-state index in [0.29, 0.717) is 30.3 Å². The highest BCUT2D eigenvalue weighted by molar-refractivity contribution is 7.99. The lowest BCUT2D eigenvalue weighted by Gasteiger charge is -2.36. The van der Waals surface area contributed by atoms with Gasteiger partial charge < -0.3 is 19.9 Å². The number of benzene rings is 2. The van der Waals surface area contributed by atoms with Gasteiger partial charge in [0, 0.05) is 44.2 Å². The number of hydrogen-bond donors (Lipinski definition) is 4. The van der Waals surface area contributed by atoms with Gasteiger partial charge >= 0.3 is 0 Å². The lowest BCUT2D eigenvalue weighted by Crippen LogP contribution is -2.31. The summed E-state index contributed by atoms with van der Waals surface area (Å²) in [6.07, 6.45) is 0.361. The number of nitrogens with zero attached hydrogens (tertiary/aromatic N) is 4. The van der Waals surface area contributed by atoms with Crippen LogP contribution in [0.5, 0.6) is 0 Å². The predicted molar refractivity (Wildman–Crippen MR) is 140 cm³/mol. The fourth-order valence-electron chi connectivity index (χ4n) is 4.08. The van der Waals surface area contributed by atoms with Gasteiger partial charge in [0.2, 0.25) is 17.0 Å². The maximum absolute atomic E-state index is 12.0. The van der Waals surface area contributed by atoms with Crippen LogP contribution in [0.3, 0.4) is 0 Å². The zero-order valence-corrected chi connectivity index (χ0v) is 22.3. The van der Waals surface area contributed by atoms with Crippen molar-refractivity contribution in [2.45, 2.75) is 62.5 Å². The molecule has 2 heterocycles. The number of aliphatic hydroxyl groups excluding tert-OH is 1. The minimum absolute atomic E-state index is 0.0176. The number of hydroxylamine groups is 1. The van der Waals surface area contributed by atoms with E-state index in [2.05, 4.69) is 20.8 Å². The number of rotatable bonds is 12. The van der Waals surface area contributed by atoms with Gasteiger partial charge in [-0.1, -0.05) is 60.3 Å². The molecule has 1 aromatic heterocycles. The Labute approximate surface area is 230 Å². The van der Waals surface area contributed by atoms with Crippen LogP contribution in [-0.4, -0.2) is 54.2 Å². The molecule has 4 N–H and O–H groups in total. The average Bonchev–Trinajstić information content (AvgIpc) is 3.39. The molecule has 2 amide bonds. The lowest BCUT2D eigenvalue weighted by molar-refractivity contribution is -0.245. The molecule has 1 aliphatic heterocycles. The number of tetrazole rings is 1. The highest BCUT2D eigenvalue weighted by Crippen LogP contribution is 2.39. The minimum Gasteiger partial charge on any atom is -0.392 e. The third-order valence-corrected chi connectivity index (χ3v) is 7.41. The van der Waals surface area contributed by atoms with Crippen LogP contribution in [0.15, 0.2) is 53.7 Å². The maximum atomic E-state index is 12.0. The van der Waals surface area contributed by atoms with Gasteiger partial charge in [-0.15, -0.1) is 5.10 Å². The van der Waals surface area contributed by atoms with Gasteiger partial charge in [-0.05, 0) is 33.5 Å². The van der Waals surface area contributed by atoms with Gasteiger partial charge in [0.05, 0.1) is 18.8 Å². The smallest absolute Gasteiger partial charge is 0.243 e.